The van der Waals surface area contributed by atoms with Gasteiger partial charge in [0.25, 0.3) is 0 Å². The molecule has 0 aromatic heterocycles. The van der Waals surface area contributed by atoms with Crippen LogP contribution < -0.4 is 0 Å². The van der Waals surface area contributed by atoms with Crippen molar-refractivity contribution in [1.82, 2.24) is 0 Å². The molecule has 1 aromatic carbocycles. The number of ether oxygens (including phenoxy) is 2. The summed E-state index contributed by atoms with van der Waals surface area (Å²) in [7, 11) is 0. The average Bonchev–Trinajstić information content (AvgIpc) is 2.41. The fourth-order valence-electron chi connectivity index (χ4n) is 2.28. The van der Waals surface area contributed by atoms with Gasteiger partial charge in [0.15, 0.2) is 5.78 Å². The van der Waals surface area contributed by atoms with Crippen molar-refractivity contribution in [2.75, 3.05) is 6.61 Å². The van der Waals surface area contributed by atoms with Crippen LogP contribution in [0.2, 0.25) is 0 Å². The summed E-state index contributed by atoms with van der Waals surface area (Å²) in [6.07, 6.45) is 1.23. The topological polar surface area (TPSA) is 52.6 Å². The quantitative estimate of drug-likeness (QED) is 0.617. The van der Waals surface area contributed by atoms with Gasteiger partial charge in [0, 0.05) is 25.5 Å². The maximum Gasteiger partial charge on any atom is 0.302 e. The van der Waals surface area contributed by atoms with Crippen molar-refractivity contribution >= 4 is 11.8 Å². The number of rotatable bonds is 4. The molecule has 102 valence electrons. The molecule has 1 fully saturated rings. The van der Waals surface area contributed by atoms with Gasteiger partial charge in [-0.25, -0.2) is 0 Å². The second kappa shape index (κ2) is 6.48. The SMILES string of the molecule is CC(=O)O[C@H]1CCCO[C@@H]1CC(=O)c1ccccc1. The van der Waals surface area contributed by atoms with E-state index in [1.165, 1.54) is 6.92 Å². The number of carbonyl (C=O) groups excluding carboxylic acids is 2. The Hall–Kier alpha value is -1.68. The summed E-state index contributed by atoms with van der Waals surface area (Å²) in [5, 5.41) is 0. The summed E-state index contributed by atoms with van der Waals surface area (Å²) in [6, 6.07) is 9.10. The van der Waals surface area contributed by atoms with Gasteiger partial charge in [-0.2, -0.15) is 0 Å². The largest absolute Gasteiger partial charge is 0.460 e. The first kappa shape index (κ1) is 13.7. The van der Waals surface area contributed by atoms with Crippen molar-refractivity contribution < 1.29 is 19.1 Å². The van der Waals surface area contributed by atoms with Gasteiger partial charge >= 0.3 is 5.97 Å². The molecule has 0 N–H and O–H groups in total. The fraction of sp³-hybridized carbons (Fsp3) is 0.467. The summed E-state index contributed by atoms with van der Waals surface area (Å²) in [6.45, 7) is 2.00. The van der Waals surface area contributed by atoms with Gasteiger partial charge in [-0.05, 0) is 12.8 Å². The van der Waals surface area contributed by atoms with E-state index in [1.807, 2.05) is 18.2 Å². The van der Waals surface area contributed by atoms with E-state index in [1.54, 1.807) is 12.1 Å². The van der Waals surface area contributed by atoms with E-state index in [2.05, 4.69) is 0 Å². The number of esters is 1. The predicted molar refractivity (Wildman–Crippen MR) is 69.9 cm³/mol. The third kappa shape index (κ3) is 3.89. The van der Waals surface area contributed by atoms with Crippen molar-refractivity contribution in [3.63, 3.8) is 0 Å². The molecule has 19 heavy (non-hydrogen) atoms. The van der Waals surface area contributed by atoms with E-state index in [4.69, 9.17) is 9.47 Å². The van der Waals surface area contributed by atoms with Gasteiger partial charge < -0.3 is 9.47 Å². The molecule has 1 aliphatic heterocycles. The van der Waals surface area contributed by atoms with Gasteiger partial charge in [0.1, 0.15) is 12.2 Å². The second-order valence-corrected chi connectivity index (χ2v) is 4.69. The van der Waals surface area contributed by atoms with Gasteiger partial charge in [-0.1, -0.05) is 30.3 Å². The van der Waals surface area contributed by atoms with Crippen LogP contribution in [0.5, 0.6) is 0 Å². The minimum Gasteiger partial charge on any atom is -0.460 e. The third-order valence-corrected chi connectivity index (χ3v) is 3.18. The van der Waals surface area contributed by atoms with E-state index in [-0.39, 0.29) is 30.4 Å². The van der Waals surface area contributed by atoms with Crippen molar-refractivity contribution in [3.8, 4) is 0 Å². The molecule has 0 aliphatic carbocycles. The highest BCUT2D eigenvalue weighted by molar-refractivity contribution is 5.96. The van der Waals surface area contributed by atoms with Crippen molar-refractivity contribution in [3.05, 3.63) is 35.9 Å². The van der Waals surface area contributed by atoms with E-state index < -0.39 is 0 Å². The summed E-state index contributed by atoms with van der Waals surface area (Å²) in [5.74, 6) is -0.308. The summed E-state index contributed by atoms with van der Waals surface area (Å²) >= 11 is 0. The van der Waals surface area contributed by atoms with Crippen LogP contribution >= 0.6 is 0 Å². The zero-order valence-corrected chi connectivity index (χ0v) is 11.0. The molecular weight excluding hydrogens is 244 g/mol. The Bertz CT molecular complexity index is 441. The Morgan fingerprint density at radius 3 is 2.74 bits per heavy atom. The molecule has 4 nitrogen and oxygen atoms in total. The molecule has 0 spiro atoms. The first-order valence-corrected chi connectivity index (χ1v) is 6.54. The average molecular weight is 262 g/mol. The van der Waals surface area contributed by atoms with Crippen LogP contribution in [0.3, 0.4) is 0 Å². The van der Waals surface area contributed by atoms with Crippen LogP contribution in [0.15, 0.2) is 30.3 Å². The number of hydrogen-bond donors (Lipinski definition) is 0. The Kier molecular flexibility index (Phi) is 4.68. The summed E-state index contributed by atoms with van der Waals surface area (Å²) < 4.78 is 10.8. The molecule has 1 aromatic rings. The van der Waals surface area contributed by atoms with Crippen LogP contribution in [0.1, 0.15) is 36.5 Å². The van der Waals surface area contributed by atoms with Crippen molar-refractivity contribution in [1.29, 1.82) is 0 Å². The third-order valence-electron chi connectivity index (χ3n) is 3.18. The zero-order chi connectivity index (χ0) is 13.7. The Morgan fingerprint density at radius 1 is 1.32 bits per heavy atom. The maximum atomic E-state index is 12.1. The fourth-order valence-corrected chi connectivity index (χ4v) is 2.28. The molecule has 2 atom stereocenters. The van der Waals surface area contributed by atoms with E-state index in [0.29, 0.717) is 12.2 Å². The Balaban J connectivity index is 1.99. The van der Waals surface area contributed by atoms with E-state index >= 15 is 0 Å². The summed E-state index contributed by atoms with van der Waals surface area (Å²) in [5.41, 5.74) is 0.665. The van der Waals surface area contributed by atoms with Crippen molar-refractivity contribution in [2.24, 2.45) is 0 Å². The number of hydrogen-bond acceptors (Lipinski definition) is 4. The van der Waals surface area contributed by atoms with Gasteiger partial charge in [-0.3, -0.25) is 9.59 Å². The van der Waals surface area contributed by atoms with Crippen LogP contribution in [0, 0.1) is 0 Å². The lowest BCUT2D eigenvalue weighted by Gasteiger charge is -2.30. The zero-order valence-electron chi connectivity index (χ0n) is 11.0. The minimum absolute atomic E-state index is 0.0182. The summed E-state index contributed by atoms with van der Waals surface area (Å²) in [4.78, 5) is 23.2. The molecule has 2 rings (SSSR count). The molecule has 0 radical (unpaired) electrons. The molecule has 0 amide bonds. The lowest BCUT2D eigenvalue weighted by atomic mass is 9.97. The van der Waals surface area contributed by atoms with Crippen LogP contribution in [0.25, 0.3) is 0 Å². The lowest BCUT2D eigenvalue weighted by Crippen LogP contribution is -2.38. The molecule has 1 saturated heterocycles. The van der Waals surface area contributed by atoms with Gasteiger partial charge in [-0.15, -0.1) is 0 Å². The highest BCUT2D eigenvalue weighted by Gasteiger charge is 2.30. The molecule has 0 unspecified atom stereocenters. The number of carbonyl (C=O) groups is 2. The van der Waals surface area contributed by atoms with Gasteiger partial charge in [0.05, 0.1) is 0 Å². The number of ketones is 1. The molecule has 4 heteroatoms. The Labute approximate surface area is 112 Å². The first-order valence-electron chi connectivity index (χ1n) is 6.54. The smallest absolute Gasteiger partial charge is 0.302 e. The molecule has 1 aliphatic rings. The lowest BCUT2D eigenvalue weighted by molar-refractivity contribution is -0.160. The number of benzene rings is 1. The first-order chi connectivity index (χ1) is 9.16. The minimum atomic E-state index is -0.328. The normalized spacial score (nSPS) is 22.8. The van der Waals surface area contributed by atoms with Crippen LogP contribution in [-0.4, -0.2) is 30.6 Å². The van der Waals surface area contributed by atoms with E-state index in [0.717, 1.165) is 12.8 Å². The Morgan fingerprint density at radius 2 is 2.05 bits per heavy atom. The molecule has 1 heterocycles. The monoisotopic (exact) mass is 262 g/mol. The van der Waals surface area contributed by atoms with Gasteiger partial charge in [0.2, 0.25) is 0 Å². The standard InChI is InChI=1S/C15H18O4/c1-11(16)19-14-8-5-9-18-15(14)10-13(17)12-6-3-2-4-7-12/h2-4,6-7,14-15H,5,8-10H2,1H3/t14-,15+/m0/s1. The predicted octanol–water partition coefficient (Wildman–Crippen LogP) is 2.37. The molecule has 0 bridgehead atoms. The molecular formula is C15H18O4. The van der Waals surface area contributed by atoms with Crippen LogP contribution in [0.4, 0.5) is 0 Å². The highest BCUT2D eigenvalue weighted by Crippen LogP contribution is 2.21. The maximum absolute atomic E-state index is 12.1. The van der Waals surface area contributed by atoms with E-state index in [9.17, 15) is 9.59 Å². The highest BCUT2D eigenvalue weighted by atomic mass is 16.6. The molecule has 0 saturated carbocycles. The van der Waals surface area contributed by atoms with Crippen molar-refractivity contribution in [2.45, 2.75) is 38.4 Å². The van der Waals surface area contributed by atoms with Crippen LogP contribution in [-0.2, 0) is 14.3 Å². The number of Topliss-reactive ketones (excluding diaryl/α,β-unsaturated/α-hetero) is 1. The second-order valence-electron chi connectivity index (χ2n) is 4.69.